The van der Waals surface area contributed by atoms with E-state index in [4.69, 9.17) is 0 Å². The van der Waals surface area contributed by atoms with Crippen LogP contribution in [0.4, 0.5) is 4.39 Å². The van der Waals surface area contributed by atoms with Gasteiger partial charge in [-0.3, -0.25) is 9.59 Å². The average Bonchev–Trinajstić information content (AvgIpc) is 3.36. The van der Waals surface area contributed by atoms with Crippen molar-refractivity contribution >= 4 is 21.8 Å². The summed E-state index contributed by atoms with van der Waals surface area (Å²) in [4.78, 5) is 29.5. The fourth-order valence-electron chi connectivity index (χ4n) is 5.39. The van der Waals surface area contributed by atoms with Crippen molar-refractivity contribution in [3.8, 4) is 0 Å². The van der Waals surface area contributed by atoms with Gasteiger partial charge in [-0.15, -0.1) is 0 Å². The molecular weight excluding hydrogens is 469 g/mol. The minimum atomic E-state index is -3.57. The number of carbonyl (C=O) groups is 2. The monoisotopic (exact) mass is 499 g/mol. The number of piperidine rings is 1. The van der Waals surface area contributed by atoms with E-state index in [9.17, 15) is 22.4 Å². The lowest BCUT2D eigenvalue weighted by Crippen LogP contribution is -2.53. The Morgan fingerprint density at radius 1 is 0.829 bits per heavy atom. The van der Waals surface area contributed by atoms with Crippen LogP contribution in [-0.2, 0) is 27.7 Å². The number of fused-ring (bicyclic) bond motifs is 1. The Balaban J connectivity index is 1.14. The molecule has 2 amide bonds. The molecule has 0 bridgehead atoms. The molecule has 2 fully saturated rings. The smallest absolute Gasteiger partial charge is 0.254 e. The molecule has 9 heteroatoms. The summed E-state index contributed by atoms with van der Waals surface area (Å²) in [5, 5.41) is 0. The summed E-state index contributed by atoms with van der Waals surface area (Å²) in [7, 11) is -3.57. The number of hydrogen-bond acceptors (Lipinski definition) is 4. The Hall–Kier alpha value is -2.78. The van der Waals surface area contributed by atoms with Crippen LogP contribution < -0.4 is 0 Å². The van der Waals surface area contributed by atoms with Crippen molar-refractivity contribution in [3.63, 3.8) is 0 Å². The van der Waals surface area contributed by atoms with Gasteiger partial charge < -0.3 is 9.80 Å². The molecule has 35 heavy (non-hydrogen) atoms. The number of hydrogen-bond donors (Lipinski definition) is 0. The Kier molecular flexibility index (Phi) is 6.63. The van der Waals surface area contributed by atoms with Gasteiger partial charge in [-0.05, 0) is 73.6 Å². The number of rotatable bonds is 4. The van der Waals surface area contributed by atoms with E-state index < -0.39 is 15.8 Å². The molecule has 0 unspecified atom stereocenters. The van der Waals surface area contributed by atoms with E-state index >= 15 is 0 Å². The Bertz CT molecular complexity index is 1230. The minimum Gasteiger partial charge on any atom is -0.339 e. The van der Waals surface area contributed by atoms with Gasteiger partial charge in [0.25, 0.3) is 5.91 Å². The van der Waals surface area contributed by atoms with Gasteiger partial charge >= 0.3 is 0 Å². The molecule has 0 aromatic heterocycles. The van der Waals surface area contributed by atoms with Gasteiger partial charge in [-0.2, -0.15) is 4.31 Å². The van der Waals surface area contributed by atoms with Crippen molar-refractivity contribution in [2.24, 2.45) is 5.92 Å². The zero-order valence-corrected chi connectivity index (χ0v) is 20.5. The number of nitrogens with zero attached hydrogens (tertiary/aromatic N) is 3. The van der Waals surface area contributed by atoms with Gasteiger partial charge in [0.15, 0.2) is 0 Å². The molecule has 0 radical (unpaired) electrons. The van der Waals surface area contributed by atoms with E-state index in [0.717, 1.165) is 24.8 Å². The minimum absolute atomic E-state index is 0.0254. The summed E-state index contributed by atoms with van der Waals surface area (Å²) in [5.74, 6) is -0.875. The summed E-state index contributed by atoms with van der Waals surface area (Å²) in [6.45, 7) is 2.29. The molecule has 3 aliphatic rings. The van der Waals surface area contributed by atoms with Crippen molar-refractivity contribution in [2.75, 3.05) is 39.3 Å². The molecule has 2 aliphatic heterocycles. The van der Waals surface area contributed by atoms with Crippen LogP contribution in [0, 0.1) is 11.7 Å². The summed E-state index contributed by atoms with van der Waals surface area (Å²) >= 11 is 0. The predicted octanol–water partition coefficient (Wildman–Crippen LogP) is 2.70. The molecule has 2 aromatic carbocycles. The van der Waals surface area contributed by atoms with Crippen LogP contribution in [0.1, 0.15) is 40.7 Å². The van der Waals surface area contributed by atoms with Crippen molar-refractivity contribution < 1.29 is 22.4 Å². The molecule has 0 saturated carbocycles. The number of carbonyl (C=O) groups excluding carboxylic acids is 2. The average molecular weight is 500 g/mol. The summed E-state index contributed by atoms with van der Waals surface area (Å²) in [6.07, 6.45) is 3.99. The van der Waals surface area contributed by atoms with E-state index in [2.05, 4.69) is 0 Å². The third kappa shape index (κ3) is 4.84. The highest BCUT2D eigenvalue weighted by Gasteiger charge is 2.35. The van der Waals surface area contributed by atoms with Crippen LogP contribution >= 0.6 is 0 Å². The highest BCUT2D eigenvalue weighted by molar-refractivity contribution is 7.89. The Morgan fingerprint density at radius 2 is 1.51 bits per heavy atom. The fraction of sp³-hybridized carbons (Fsp3) is 0.462. The van der Waals surface area contributed by atoms with Crippen molar-refractivity contribution in [2.45, 2.75) is 37.0 Å². The first-order valence-corrected chi connectivity index (χ1v) is 13.7. The first-order valence-electron chi connectivity index (χ1n) is 12.3. The van der Waals surface area contributed by atoms with E-state index in [0.29, 0.717) is 62.6 Å². The van der Waals surface area contributed by atoms with Crippen LogP contribution in [-0.4, -0.2) is 73.6 Å². The number of aryl methyl sites for hydroxylation is 2. The number of piperazine rings is 1. The molecule has 5 rings (SSSR count). The van der Waals surface area contributed by atoms with Crippen LogP contribution in [0.25, 0.3) is 0 Å². The largest absolute Gasteiger partial charge is 0.339 e. The summed E-state index contributed by atoms with van der Waals surface area (Å²) in [5.41, 5.74) is 2.68. The molecule has 0 spiro atoms. The topological polar surface area (TPSA) is 78.0 Å². The third-order valence-corrected chi connectivity index (χ3v) is 9.36. The van der Waals surface area contributed by atoms with Gasteiger partial charge in [0, 0.05) is 50.7 Å². The first kappa shape index (κ1) is 23.9. The second kappa shape index (κ2) is 9.70. The van der Waals surface area contributed by atoms with E-state index in [1.807, 2.05) is 12.1 Å². The molecule has 7 nitrogen and oxygen atoms in total. The number of benzene rings is 2. The van der Waals surface area contributed by atoms with Crippen LogP contribution in [0.15, 0.2) is 47.4 Å². The van der Waals surface area contributed by atoms with Crippen molar-refractivity contribution in [3.05, 3.63) is 65.0 Å². The van der Waals surface area contributed by atoms with Gasteiger partial charge in [0.05, 0.1) is 4.90 Å². The molecule has 2 heterocycles. The normalized spacial score (nSPS) is 19.6. The summed E-state index contributed by atoms with van der Waals surface area (Å²) in [6, 6.07) is 11.1. The molecule has 186 valence electrons. The SMILES string of the molecule is O=C(c1cccc(F)c1)N1CCN(C(=O)C2CCN(S(=O)(=O)c3ccc4c(c3)CCC4)CC2)CC1. The van der Waals surface area contributed by atoms with Gasteiger partial charge in [0.2, 0.25) is 15.9 Å². The van der Waals surface area contributed by atoms with Crippen LogP contribution in [0.2, 0.25) is 0 Å². The third-order valence-electron chi connectivity index (χ3n) is 7.46. The van der Waals surface area contributed by atoms with E-state index in [1.54, 1.807) is 21.9 Å². The number of amides is 2. The van der Waals surface area contributed by atoms with Crippen LogP contribution in [0.5, 0.6) is 0 Å². The van der Waals surface area contributed by atoms with E-state index in [-0.39, 0.29) is 17.7 Å². The maximum atomic E-state index is 13.5. The predicted molar refractivity (Wildman–Crippen MR) is 129 cm³/mol. The van der Waals surface area contributed by atoms with Crippen LogP contribution in [0.3, 0.4) is 0 Å². The summed E-state index contributed by atoms with van der Waals surface area (Å²) < 4.78 is 41.3. The lowest BCUT2D eigenvalue weighted by atomic mass is 9.96. The second-order valence-electron chi connectivity index (χ2n) is 9.59. The van der Waals surface area contributed by atoms with Gasteiger partial charge in [0.1, 0.15) is 5.82 Å². The molecule has 2 aromatic rings. The molecule has 1 aliphatic carbocycles. The Labute approximate surface area is 205 Å². The standard InChI is InChI=1S/C26H30FN3O4S/c27-23-6-2-5-22(17-23)26(32)29-15-13-28(14-16-29)25(31)20-9-11-30(12-10-20)35(33,34)24-8-7-19-3-1-4-21(19)18-24/h2,5-8,17-18,20H,1,3-4,9-16H2. The first-order chi connectivity index (χ1) is 16.8. The quantitative estimate of drug-likeness (QED) is 0.648. The molecular formula is C26H30FN3O4S. The molecule has 2 saturated heterocycles. The molecule has 0 atom stereocenters. The maximum absolute atomic E-state index is 13.5. The lowest BCUT2D eigenvalue weighted by Gasteiger charge is -2.38. The maximum Gasteiger partial charge on any atom is 0.254 e. The number of sulfonamides is 1. The number of halogens is 1. The second-order valence-corrected chi connectivity index (χ2v) is 11.5. The lowest BCUT2D eigenvalue weighted by molar-refractivity contribution is -0.138. The highest BCUT2D eigenvalue weighted by atomic mass is 32.2. The van der Waals surface area contributed by atoms with Gasteiger partial charge in [-0.25, -0.2) is 12.8 Å². The van der Waals surface area contributed by atoms with Crippen molar-refractivity contribution in [1.82, 2.24) is 14.1 Å². The van der Waals surface area contributed by atoms with Crippen molar-refractivity contribution in [1.29, 1.82) is 0 Å². The Morgan fingerprint density at radius 3 is 2.23 bits per heavy atom. The highest BCUT2D eigenvalue weighted by Crippen LogP contribution is 2.29. The zero-order chi connectivity index (χ0) is 24.6. The van der Waals surface area contributed by atoms with E-state index in [1.165, 1.54) is 28.1 Å². The zero-order valence-electron chi connectivity index (χ0n) is 19.7. The van der Waals surface area contributed by atoms with Gasteiger partial charge in [-0.1, -0.05) is 12.1 Å². The fourth-order valence-corrected chi connectivity index (χ4v) is 6.91. The molecule has 0 N–H and O–H groups in total.